The minimum atomic E-state index is -0.361. The molecular weight excluding hydrogens is 338 g/mol. The van der Waals surface area contributed by atoms with Crippen LogP contribution < -0.4 is 0 Å². The van der Waals surface area contributed by atoms with Gasteiger partial charge in [0, 0.05) is 18.9 Å². The molecule has 146 valence electrons. The summed E-state index contributed by atoms with van der Waals surface area (Å²) in [6.45, 7) is 8.29. The maximum absolute atomic E-state index is 13.0. The van der Waals surface area contributed by atoms with Crippen LogP contribution in [0.4, 0.5) is 0 Å². The average molecular weight is 370 g/mol. The first kappa shape index (κ1) is 21.1. The molecule has 1 saturated heterocycles. The van der Waals surface area contributed by atoms with E-state index in [0.29, 0.717) is 18.9 Å². The predicted octanol–water partition coefficient (Wildman–Crippen LogP) is 4.21. The summed E-state index contributed by atoms with van der Waals surface area (Å²) in [6.07, 6.45) is 5.80. The zero-order valence-corrected chi connectivity index (χ0v) is 16.9. The summed E-state index contributed by atoms with van der Waals surface area (Å²) >= 11 is 0. The van der Waals surface area contributed by atoms with E-state index in [4.69, 9.17) is 0 Å². The van der Waals surface area contributed by atoms with Crippen molar-refractivity contribution in [3.63, 3.8) is 0 Å². The molecule has 1 aliphatic heterocycles. The lowest BCUT2D eigenvalue weighted by molar-refractivity contribution is -0.142. The molecule has 2 rings (SSSR count). The molecule has 1 amide bonds. The monoisotopic (exact) mass is 369 g/mol. The van der Waals surface area contributed by atoms with Crippen molar-refractivity contribution >= 4 is 23.5 Å². The van der Waals surface area contributed by atoms with Crippen molar-refractivity contribution in [2.45, 2.75) is 59.4 Å². The molecule has 0 N–H and O–H groups in total. The summed E-state index contributed by atoms with van der Waals surface area (Å²) in [5, 5.41) is 0. The predicted molar refractivity (Wildman–Crippen MR) is 108 cm³/mol. The Balaban J connectivity index is 2.06. The van der Waals surface area contributed by atoms with Gasteiger partial charge < -0.3 is 4.90 Å². The van der Waals surface area contributed by atoms with Crippen LogP contribution in [0.3, 0.4) is 0 Å². The zero-order chi connectivity index (χ0) is 20.0. The standard InChI is InChI=1S/C23H31NO3/c1-16(2)14-20(23(27)24-13-5-6-22(24)18(4)25)15-21(26)12-11-19-9-7-17(3)8-10-19/h7-12,16,20,22H,5-6,13-15H2,1-4H3/b12-11+/t20-,22+/m1/s1. The minimum Gasteiger partial charge on any atom is -0.332 e. The maximum atomic E-state index is 13.0. The highest BCUT2D eigenvalue weighted by Crippen LogP contribution is 2.25. The third kappa shape index (κ3) is 6.16. The normalized spacial score (nSPS) is 18.3. The number of Topliss-reactive ketones (excluding diaryl/α,β-unsaturated/α-hetero) is 1. The number of allylic oxidation sites excluding steroid dienone is 1. The van der Waals surface area contributed by atoms with Crippen LogP contribution in [0.2, 0.25) is 0 Å². The number of likely N-dealkylation sites (tertiary alicyclic amines) is 1. The summed E-state index contributed by atoms with van der Waals surface area (Å²) in [7, 11) is 0. The lowest BCUT2D eigenvalue weighted by atomic mass is 9.90. The van der Waals surface area contributed by atoms with E-state index in [1.54, 1.807) is 24.0 Å². The van der Waals surface area contributed by atoms with Gasteiger partial charge in [0.05, 0.1) is 6.04 Å². The number of benzene rings is 1. The molecule has 27 heavy (non-hydrogen) atoms. The van der Waals surface area contributed by atoms with E-state index in [2.05, 4.69) is 13.8 Å². The van der Waals surface area contributed by atoms with Gasteiger partial charge in [0.1, 0.15) is 0 Å². The fraction of sp³-hybridized carbons (Fsp3) is 0.522. The van der Waals surface area contributed by atoms with Crippen LogP contribution in [0.5, 0.6) is 0 Å². The van der Waals surface area contributed by atoms with Crippen LogP contribution in [0.25, 0.3) is 6.08 Å². The fourth-order valence-corrected chi connectivity index (χ4v) is 3.71. The van der Waals surface area contributed by atoms with E-state index in [-0.39, 0.29) is 35.9 Å². The van der Waals surface area contributed by atoms with Gasteiger partial charge in [-0.3, -0.25) is 14.4 Å². The molecule has 2 atom stereocenters. The molecule has 0 saturated carbocycles. The Morgan fingerprint density at radius 3 is 2.44 bits per heavy atom. The third-order valence-corrected chi connectivity index (χ3v) is 5.10. The average Bonchev–Trinajstić information content (AvgIpc) is 3.09. The van der Waals surface area contributed by atoms with Gasteiger partial charge in [0.15, 0.2) is 11.6 Å². The van der Waals surface area contributed by atoms with Crippen LogP contribution in [0.15, 0.2) is 30.3 Å². The second-order valence-electron chi connectivity index (χ2n) is 8.04. The molecule has 1 fully saturated rings. The van der Waals surface area contributed by atoms with Gasteiger partial charge in [0.2, 0.25) is 5.91 Å². The topological polar surface area (TPSA) is 54.5 Å². The number of rotatable bonds is 8. The second-order valence-corrected chi connectivity index (χ2v) is 8.04. The summed E-state index contributed by atoms with van der Waals surface area (Å²) in [6, 6.07) is 7.63. The number of nitrogens with zero attached hydrogens (tertiary/aromatic N) is 1. The van der Waals surface area contributed by atoms with E-state index in [1.807, 2.05) is 31.2 Å². The molecule has 1 aliphatic rings. The minimum absolute atomic E-state index is 0.0368. The molecule has 1 aromatic carbocycles. The molecule has 0 aromatic heterocycles. The van der Waals surface area contributed by atoms with E-state index in [9.17, 15) is 14.4 Å². The molecule has 0 unspecified atom stereocenters. The molecule has 4 heteroatoms. The van der Waals surface area contributed by atoms with Crippen molar-refractivity contribution in [2.24, 2.45) is 11.8 Å². The van der Waals surface area contributed by atoms with Crippen molar-refractivity contribution in [2.75, 3.05) is 6.54 Å². The number of ketones is 2. The van der Waals surface area contributed by atoms with Crippen molar-refractivity contribution < 1.29 is 14.4 Å². The van der Waals surface area contributed by atoms with Gasteiger partial charge in [0.25, 0.3) is 0 Å². The van der Waals surface area contributed by atoms with Crippen molar-refractivity contribution in [3.05, 3.63) is 41.5 Å². The molecule has 4 nitrogen and oxygen atoms in total. The number of aryl methyl sites for hydroxylation is 1. The van der Waals surface area contributed by atoms with Gasteiger partial charge >= 0.3 is 0 Å². The summed E-state index contributed by atoms with van der Waals surface area (Å²) < 4.78 is 0. The first-order chi connectivity index (χ1) is 12.8. The van der Waals surface area contributed by atoms with Gasteiger partial charge in [-0.25, -0.2) is 0 Å². The summed E-state index contributed by atoms with van der Waals surface area (Å²) in [5.74, 6) is -0.104. The van der Waals surface area contributed by atoms with Crippen LogP contribution in [0, 0.1) is 18.8 Å². The number of carbonyl (C=O) groups is 3. The number of amides is 1. The SMILES string of the molecule is CC(=O)[C@@H]1CCCN1C(=O)[C@@H](CC(=O)/C=C/c1ccc(C)cc1)CC(C)C. The smallest absolute Gasteiger partial charge is 0.226 e. The fourth-order valence-electron chi connectivity index (χ4n) is 3.71. The van der Waals surface area contributed by atoms with Gasteiger partial charge in [-0.2, -0.15) is 0 Å². The van der Waals surface area contributed by atoms with Crippen LogP contribution in [0.1, 0.15) is 57.6 Å². The molecule has 1 heterocycles. The van der Waals surface area contributed by atoms with Gasteiger partial charge in [-0.05, 0) is 50.7 Å². The Kier molecular flexibility index (Phi) is 7.52. The van der Waals surface area contributed by atoms with E-state index < -0.39 is 0 Å². The van der Waals surface area contributed by atoms with Crippen LogP contribution >= 0.6 is 0 Å². The summed E-state index contributed by atoms with van der Waals surface area (Å²) in [4.78, 5) is 39.1. The zero-order valence-electron chi connectivity index (χ0n) is 16.9. The number of hydrogen-bond donors (Lipinski definition) is 0. The molecule has 0 bridgehead atoms. The van der Waals surface area contributed by atoms with Gasteiger partial charge in [-0.15, -0.1) is 0 Å². The molecule has 0 spiro atoms. The van der Waals surface area contributed by atoms with Gasteiger partial charge in [-0.1, -0.05) is 49.8 Å². The Morgan fingerprint density at radius 2 is 1.85 bits per heavy atom. The van der Waals surface area contributed by atoms with Crippen LogP contribution in [-0.4, -0.2) is 35.0 Å². The number of carbonyl (C=O) groups excluding carboxylic acids is 3. The molecule has 1 aromatic rings. The summed E-state index contributed by atoms with van der Waals surface area (Å²) in [5.41, 5.74) is 2.14. The molecule has 0 radical (unpaired) electrons. The number of hydrogen-bond acceptors (Lipinski definition) is 3. The molecular formula is C23H31NO3. The lowest BCUT2D eigenvalue weighted by Gasteiger charge is -2.28. The first-order valence-corrected chi connectivity index (χ1v) is 9.86. The van der Waals surface area contributed by atoms with E-state index in [0.717, 1.165) is 18.4 Å². The van der Waals surface area contributed by atoms with E-state index >= 15 is 0 Å². The Bertz CT molecular complexity index is 703. The largest absolute Gasteiger partial charge is 0.332 e. The highest BCUT2D eigenvalue weighted by molar-refractivity contribution is 5.97. The Labute approximate surface area is 162 Å². The quantitative estimate of drug-likeness (QED) is 0.645. The van der Waals surface area contributed by atoms with Crippen molar-refractivity contribution in [1.29, 1.82) is 0 Å². The van der Waals surface area contributed by atoms with Crippen molar-refractivity contribution in [1.82, 2.24) is 4.90 Å². The lowest BCUT2D eigenvalue weighted by Crippen LogP contribution is -2.43. The highest BCUT2D eigenvalue weighted by atomic mass is 16.2. The molecule has 0 aliphatic carbocycles. The Morgan fingerprint density at radius 1 is 1.19 bits per heavy atom. The highest BCUT2D eigenvalue weighted by Gasteiger charge is 2.36. The van der Waals surface area contributed by atoms with Crippen molar-refractivity contribution in [3.8, 4) is 0 Å². The first-order valence-electron chi connectivity index (χ1n) is 9.86. The third-order valence-electron chi connectivity index (χ3n) is 5.10. The van der Waals surface area contributed by atoms with E-state index in [1.165, 1.54) is 5.56 Å². The Hall–Kier alpha value is -2.23. The second kappa shape index (κ2) is 9.63. The maximum Gasteiger partial charge on any atom is 0.226 e. The van der Waals surface area contributed by atoms with Crippen LogP contribution in [-0.2, 0) is 14.4 Å².